The van der Waals surface area contributed by atoms with Gasteiger partial charge in [0.15, 0.2) is 10.8 Å². The Morgan fingerprint density at radius 1 is 1.35 bits per heavy atom. The number of ether oxygens (including phenoxy) is 2. The van der Waals surface area contributed by atoms with Crippen molar-refractivity contribution in [2.75, 3.05) is 25.6 Å². The average Bonchev–Trinajstić information content (AvgIpc) is 3.38. The number of carbonyl (C=O) groups is 1. The molecule has 1 N–H and O–H groups in total. The minimum Gasteiger partial charge on any atom is -0.481 e. The van der Waals surface area contributed by atoms with Gasteiger partial charge in [0.2, 0.25) is 11.8 Å². The van der Waals surface area contributed by atoms with Crippen LogP contribution < -0.4 is 10.1 Å². The van der Waals surface area contributed by atoms with Crippen LogP contribution in [0.15, 0.2) is 24.7 Å². The second kappa shape index (κ2) is 8.79. The summed E-state index contributed by atoms with van der Waals surface area (Å²) in [5, 5.41) is 3.05. The number of nitrogens with zero attached hydrogens (tertiary/aromatic N) is 4. The second-order valence-corrected chi connectivity index (χ2v) is 8.17. The molecule has 12 heteroatoms. The van der Waals surface area contributed by atoms with Gasteiger partial charge in [-0.1, -0.05) is 11.3 Å². The molecule has 1 fully saturated rings. The van der Waals surface area contributed by atoms with E-state index in [-0.39, 0.29) is 5.92 Å². The highest BCUT2D eigenvalue weighted by atomic mass is 32.1. The lowest BCUT2D eigenvalue weighted by molar-refractivity contribution is -0.141. The van der Waals surface area contributed by atoms with Crippen molar-refractivity contribution in [1.29, 1.82) is 0 Å². The van der Waals surface area contributed by atoms with Crippen molar-refractivity contribution in [2.45, 2.75) is 31.5 Å². The van der Waals surface area contributed by atoms with Gasteiger partial charge in [-0.3, -0.25) is 4.79 Å². The first-order chi connectivity index (χ1) is 14.8. The van der Waals surface area contributed by atoms with E-state index in [4.69, 9.17) is 9.47 Å². The smallest absolute Gasteiger partial charge is 0.434 e. The van der Waals surface area contributed by atoms with Crippen LogP contribution >= 0.6 is 11.3 Å². The number of pyridine rings is 1. The predicted molar refractivity (Wildman–Crippen MR) is 107 cm³/mol. The van der Waals surface area contributed by atoms with Crippen LogP contribution in [-0.4, -0.2) is 45.7 Å². The van der Waals surface area contributed by atoms with Gasteiger partial charge in [-0.2, -0.15) is 13.2 Å². The van der Waals surface area contributed by atoms with E-state index in [1.54, 1.807) is 12.1 Å². The van der Waals surface area contributed by atoms with Crippen LogP contribution in [0.5, 0.6) is 5.88 Å². The molecule has 8 nitrogen and oxygen atoms in total. The molecule has 3 aromatic rings. The molecule has 3 aromatic heterocycles. The zero-order chi connectivity index (χ0) is 22.0. The molecule has 1 aliphatic heterocycles. The molecule has 0 bridgehead atoms. The molecule has 0 spiro atoms. The third-order valence-electron chi connectivity index (χ3n) is 5.12. The molecule has 4 heterocycles. The number of hydrogen-bond donors (Lipinski definition) is 1. The molecule has 1 aliphatic rings. The van der Waals surface area contributed by atoms with Crippen LogP contribution in [0.3, 0.4) is 0 Å². The Morgan fingerprint density at radius 2 is 2.13 bits per heavy atom. The number of imidazole rings is 1. The summed E-state index contributed by atoms with van der Waals surface area (Å²) in [7, 11) is 1.50. The predicted octanol–water partition coefficient (Wildman–Crippen LogP) is 3.91. The van der Waals surface area contributed by atoms with Crippen LogP contribution in [0.25, 0.3) is 10.3 Å². The lowest BCUT2D eigenvalue weighted by atomic mass is 9.92. The minimum atomic E-state index is -4.58. The summed E-state index contributed by atoms with van der Waals surface area (Å²) in [4.78, 5) is 25.7. The number of methoxy groups -OCH3 is 1. The highest BCUT2D eigenvalue weighted by Crippen LogP contribution is 2.32. The Hall–Kier alpha value is -2.73. The van der Waals surface area contributed by atoms with E-state index < -0.39 is 23.8 Å². The van der Waals surface area contributed by atoms with Crippen LogP contribution in [0.1, 0.15) is 31.0 Å². The number of rotatable bonds is 6. The topological polar surface area (TPSA) is 91.2 Å². The summed E-state index contributed by atoms with van der Waals surface area (Å²) in [5.74, 6) is 0.121. The van der Waals surface area contributed by atoms with E-state index in [0.717, 1.165) is 36.7 Å². The van der Waals surface area contributed by atoms with Crippen LogP contribution in [-0.2, 0) is 15.7 Å². The van der Waals surface area contributed by atoms with Crippen molar-refractivity contribution in [3.63, 3.8) is 0 Å². The number of fused-ring (bicyclic) bond motifs is 1. The number of halogens is 3. The number of amides is 1. The Balaban J connectivity index is 1.57. The molecule has 4 rings (SSSR count). The number of carbonyl (C=O) groups excluding carboxylic acids is 1. The standard InChI is InChI=1S/C19H20F3N5O3S/c1-29-15-3-2-12-17(25-15)31-18(24-12)26-16(28)13(8-11-4-6-30-7-5-11)27-9-14(23-10-27)19(20,21)22/h2-3,9-11,13H,4-8H2,1H3,(H,24,26,28)/t13-/m0/s1. The van der Waals surface area contributed by atoms with Gasteiger partial charge in [-0.05, 0) is 31.2 Å². The highest BCUT2D eigenvalue weighted by Gasteiger charge is 2.35. The first-order valence-electron chi connectivity index (χ1n) is 9.64. The monoisotopic (exact) mass is 455 g/mol. The van der Waals surface area contributed by atoms with Crippen LogP contribution in [0.2, 0.25) is 0 Å². The van der Waals surface area contributed by atoms with Crippen LogP contribution in [0, 0.1) is 5.92 Å². The van der Waals surface area contributed by atoms with E-state index in [1.807, 2.05) is 0 Å². The van der Waals surface area contributed by atoms with Crippen molar-refractivity contribution in [2.24, 2.45) is 5.92 Å². The molecular formula is C19H20F3N5O3S. The van der Waals surface area contributed by atoms with Crippen molar-refractivity contribution in [3.05, 3.63) is 30.4 Å². The minimum absolute atomic E-state index is 0.155. The molecule has 31 heavy (non-hydrogen) atoms. The summed E-state index contributed by atoms with van der Waals surface area (Å²) >= 11 is 1.16. The Labute approximate surface area is 179 Å². The fourth-order valence-electron chi connectivity index (χ4n) is 3.47. The molecule has 0 aromatic carbocycles. The van der Waals surface area contributed by atoms with Crippen molar-refractivity contribution in [3.8, 4) is 5.88 Å². The first kappa shape index (κ1) is 21.5. The van der Waals surface area contributed by atoms with E-state index >= 15 is 0 Å². The quantitative estimate of drug-likeness (QED) is 0.606. The summed E-state index contributed by atoms with van der Waals surface area (Å²) in [6.07, 6.45) is -0.793. The van der Waals surface area contributed by atoms with E-state index in [0.29, 0.717) is 41.0 Å². The number of nitrogens with one attached hydrogen (secondary N) is 1. The lowest BCUT2D eigenvalue weighted by Crippen LogP contribution is -2.29. The molecule has 1 atom stereocenters. The van der Waals surface area contributed by atoms with Gasteiger partial charge in [0.1, 0.15) is 16.4 Å². The van der Waals surface area contributed by atoms with Crippen molar-refractivity contribution >= 4 is 32.7 Å². The maximum atomic E-state index is 13.1. The zero-order valence-electron chi connectivity index (χ0n) is 16.6. The van der Waals surface area contributed by atoms with Gasteiger partial charge in [-0.25, -0.2) is 15.0 Å². The number of anilines is 1. The maximum absolute atomic E-state index is 13.1. The van der Waals surface area contributed by atoms with Gasteiger partial charge in [0, 0.05) is 25.5 Å². The number of alkyl halides is 3. The molecule has 1 saturated heterocycles. The molecule has 0 aliphatic carbocycles. The number of hydrogen-bond acceptors (Lipinski definition) is 7. The zero-order valence-corrected chi connectivity index (χ0v) is 17.4. The molecule has 0 saturated carbocycles. The van der Waals surface area contributed by atoms with Crippen molar-refractivity contribution in [1.82, 2.24) is 19.5 Å². The summed E-state index contributed by atoms with van der Waals surface area (Å²) in [6, 6.07) is 2.52. The number of aromatic nitrogens is 4. The first-order valence-corrected chi connectivity index (χ1v) is 10.5. The van der Waals surface area contributed by atoms with Crippen LogP contribution in [0.4, 0.5) is 18.3 Å². The Bertz CT molecular complexity index is 1060. The fraction of sp³-hybridized carbons (Fsp3) is 0.474. The Morgan fingerprint density at radius 3 is 2.81 bits per heavy atom. The van der Waals surface area contributed by atoms with Gasteiger partial charge in [0.05, 0.1) is 13.4 Å². The molecule has 1 amide bonds. The van der Waals surface area contributed by atoms with Crippen molar-refractivity contribution < 1.29 is 27.4 Å². The van der Waals surface area contributed by atoms with E-state index in [2.05, 4.69) is 20.3 Å². The van der Waals surface area contributed by atoms with Gasteiger partial charge < -0.3 is 19.4 Å². The highest BCUT2D eigenvalue weighted by molar-refractivity contribution is 7.21. The summed E-state index contributed by atoms with van der Waals surface area (Å²) in [6.45, 7) is 1.14. The average molecular weight is 455 g/mol. The molecule has 166 valence electrons. The third-order valence-corrected chi connectivity index (χ3v) is 6.00. The summed E-state index contributed by atoms with van der Waals surface area (Å²) in [5.41, 5.74) is -0.447. The fourth-order valence-corrected chi connectivity index (χ4v) is 4.30. The third kappa shape index (κ3) is 4.96. The molecular weight excluding hydrogens is 435 g/mol. The summed E-state index contributed by atoms with van der Waals surface area (Å²) < 4.78 is 50.8. The number of thiazole rings is 1. The largest absolute Gasteiger partial charge is 0.481 e. The second-order valence-electron chi connectivity index (χ2n) is 7.20. The van der Waals surface area contributed by atoms with Gasteiger partial charge >= 0.3 is 6.18 Å². The van der Waals surface area contributed by atoms with Gasteiger partial charge in [-0.15, -0.1) is 0 Å². The molecule has 0 unspecified atom stereocenters. The lowest BCUT2D eigenvalue weighted by Gasteiger charge is -2.26. The Kier molecular flexibility index (Phi) is 6.10. The molecule has 0 radical (unpaired) electrons. The van der Waals surface area contributed by atoms with Gasteiger partial charge in [0.25, 0.3) is 0 Å². The van der Waals surface area contributed by atoms with E-state index in [1.165, 1.54) is 11.7 Å². The SMILES string of the molecule is COc1ccc2nc(NC(=O)[C@H](CC3CCOCC3)n3cnc(C(F)(F)F)c3)sc2n1. The normalized spacial score (nSPS) is 16.4. The maximum Gasteiger partial charge on any atom is 0.434 e. The van der Waals surface area contributed by atoms with E-state index in [9.17, 15) is 18.0 Å².